The van der Waals surface area contributed by atoms with E-state index in [2.05, 4.69) is 0 Å². The van der Waals surface area contributed by atoms with E-state index in [1.807, 2.05) is 18.9 Å². The van der Waals surface area contributed by atoms with Crippen molar-refractivity contribution >= 4 is 17.3 Å². The summed E-state index contributed by atoms with van der Waals surface area (Å²) in [5.41, 5.74) is 7.33. The third kappa shape index (κ3) is 3.64. The van der Waals surface area contributed by atoms with Gasteiger partial charge in [0.15, 0.2) is 0 Å². The quantitative estimate of drug-likeness (QED) is 0.579. The van der Waals surface area contributed by atoms with E-state index >= 15 is 0 Å². The molecule has 3 N–H and O–H groups in total. The molecule has 0 spiro atoms. The van der Waals surface area contributed by atoms with Crippen LogP contribution in [0.5, 0.6) is 0 Å². The minimum absolute atomic E-state index is 0.234. The molecule has 0 aliphatic rings. The molecule has 0 aliphatic carbocycles. The summed E-state index contributed by atoms with van der Waals surface area (Å²) in [5, 5.41) is 8.91. The van der Waals surface area contributed by atoms with Gasteiger partial charge in [-0.05, 0) is 25.1 Å². The zero-order chi connectivity index (χ0) is 12.8. The third-order valence-corrected chi connectivity index (χ3v) is 2.46. The van der Waals surface area contributed by atoms with E-state index in [1.54, 1.807) is 12.1 Å². The standard InChI is InChI=1S/C12H18N2O3/c1-3-17-7-6-14(2)11-8-9(12(15)16)4-5-10(11)13/h4-5,8H,3,6-7,13H2,1-2H3,(H,15,16). The van der Waals surface area contributed by atoms with Gasteiger partial charge in [-0.2, -0.15) is 0 Å². The van der Waals surface area contributed by atoms with Crippen LogP contribution in [0.4, 0.5) is 11.4 Å². The van der Waals surface area contributed by atoms with Gasteiger partial charge in [0.1, 0.15) is 0 Å². The molecule has 1 aromatic carbocycles. The second kappa shape index (κ2) is 6.10. The van der Waals surface area contributed by atoms with Crippen molar-refractivity contribution in [1.82, 2.24) is 0 Å². The molecule has 0 saturated carbocycles. The van der Waals surface area contributed by atoms with E-state index in [4.69, 9.17) is 15.6 Å². The van der Waals surface area contributed by atoms with Crippen LogP contribution in [-0.4, -0.2) is 37.9 Å². The predicted octanol–water partition coefficient (Wildman–Crippen LogP) is 1.44. The highest BCUT2D eigenvalue weighted by molar-refractivity contribution is 5.90. The topological polar surface area (TPSA) is 75.8 Å². The molecule has 1 aromatic rings. The summed E-state index contributed by atoms with van der Waals surface area (Å²) in [7, 11) is 1.86. The zero-order valence-electron chi connectivity index (χ0n) is 10.1. The van der Waals surface area contributed by atoms with Gasteiger partial charge in [0.05, 0.1) is 23.5 Å². The Labute approximate surface area is 101 Å². The Bertz CT molecular complexity index is 393. The number of rotatable bonds is 6. The Balaban J connectivity index is 2.80. The van der Waals surface area contributed by atoms with E-state index in [9.17, 15) is 4.79 Å². The minimum atomic E-state index is -0.954. The molecule has 0 heterocycles. The summed E-state index contributed by atoms with van der Waals surface area (Å²) in [6, 6.07) is 4.68. The fraction of sp³-hybridized carbons (Fsp3) is 0.417. The van der Waals surface area contributed by atoms with Crippen LogP contribution in [0.2, 0.25) is 0 Å². The van der Waals surface area contributed by atoms with Gasteiger partial charge in [-0.3, -0.25) is 0 Å². The molecule has 94 valence electrons. The molecule has 0 aromatic heterocycles. The number of ether oxygens (including phenoxy) is 1. The summed E-state index contributed by atoms with van der Waals surface area (Å²) in [4.78, 5) is 12.7. The van der Waals surface area contributed by atoms with Crippen molar-refractivity contribution in [3.05, 3.63) is 23.8 Å². The van der Waals surface area contributed by atoms with Crippen molar-refractivity contribution in [3.8, 4) is 0 Å². The monoisotopic (exact) mass is 238 g/mol. The Hall–Kier alpha value is -1.75. The number of nitrogen functional groups attached to an aromatic ring is 1. The zero-order valence-corrected chi connectivity index (χ0v) is 10.1. The van der Waals surface area contributed by atoms with Crippen molar-refractivity contribution < 1.29 is 14.6 Å². The van der Waals surface area contributed by atoms with Crippen LogP contribution in [0.25, 0.3) is 0 Å². The van der Waals surface area contributed by atoms with Gasteiger partial charge in [0.2, 0.25) is 0 Å². The highest BCUT2D eigenvalue weighted by atomic mass is 16.5. The largest absolute Gasteiger partial charge is 0.478 e. The number of hydrogen-bond donors (Lipinski definition) is 2. The van der Waals surface area contributed by atoms with E-state index in [0.29, 0.717) is 31.1 Å². The van der Waals surface area contributed by atoms with Crippen molar-refractivity contribution in [1.29, 1.82) is 0 Å². The fourth-order valence-electron chi connectivity index (χ4n) is 1.47. The van der Waals surface area contributed by atoms with Crippen molar-refractivity contribution in [2.75, 3.05) is 37.4 Å². The van der Waals surface area contributed by atoms with E-state index < -0.39 is 5.97 Å². The number of carboxylic acids is 1. The van der Waals surface area contributed by atoms with Crippen LogP contribution in [-0.2, 0) is 4.74 Å². The molecule has 17 heavy (non-hydrogen) atoms. The van der Waals surface area contributed by atoms with Crippen LogP contribution in [0.15, 0.2) is 18.2 Å². The van der Waals surface area contributed by atoms with Gasteiger partial charge in [-0.1, -0.05) is 0 Å². The van der Waals surface area contributed by atoms with Crippen LogP contribution in [0, 0.1) is 0 Å². The first kappa shape index (κ1) is 13.3. The maximum atomic E-state index is 10.9. The number of anilines is 2. The van der Waals surface area contributed by atoms with E-state index in [1.165, 1.54) is 6.07 Å². The van der Waals surface area contributed by atoms with E-state index in [0.717, 1.165) is 0 Å². The predicted molar refractivity (Wildman–Crippen MR) is 67.6 cm³/mol. The number of nitrogens with zero attached hydrogens (tertiary/aromatic N) is 1. The van der Waals surface area contributed by atoms with Gasteiger partial charge >= 0.3 is 5.97 Å². The molecular weight excluding hydrogens is 220 g/mol. The Morgan fingerprint density at radius 3 is 2.82 bits per heavy atom. The van der Waals surface area contributed by atoms with E-state index in [-0.39, 0.29) is 5.56 Å². The average Bonchev–Trinajstić information content (AvgIpc) is 2.29. The summed E-state index contributed by atoms with van der Waals surface area (Å²) in [6.45, 7) is 3.85. The summed E-state index contributed by atoms with van der Waals surface area (Å²) in [5.74, 6) is -0.954. The lowest BCUT2D eigenvalue weighted by Gasteiger charge is -2.21. The lowest BCUT2D eigenvalue weighted by Crippen LogP contribution is -2.23. The number of hydrogen-bond acceptors (Lipinski definition) is 4. The SMILES string of the molecule is CCOCCN(C)c1cc(C(=O)O)ccc1N. The van der Waals surface area contributed by atoms with Crippen molar-refractivity contribution in [2.45, 2.75) is 6.92 Å². The first-order valence-electron chi connectivity index (χ1n) is 5.48. The maximum absolute atomic E-state index is 10.9. The lowest BCUT2D eigenvalue weighted by molar-refractivity contribution is 0.0697. The number of benzene rings is 1. The van der Waals surface area contributed by atoms with Gasteiger partial charge in [-0.15, -0.1) is 0 Å². The van der Waals surface area contributed by atoms with Crippen molar-refractivity contribution in [3.63, 3.8) is 0 Å². The number of likely N-dealkylation sites (N-methyl/N-ethyl adjacent to an activating group) is 1. The number of carboxylic acid groups (broad SMARTS) is 1. The maximum Gasteiger partial charge on any atom is 0.335 e. The van der Waals surface area contributed by atoms with Gasteiger partial charge in [0.25, 0.3) is 0 Å². The summed E-state index contributed by atoms with van der Waals surface area (Å²) in [6.07, 6.45) is 0. The van der Waals surface area contributed by atoms with Crippen LogP contribution in [0.3, 0.4) is 0 Å². The highest BCUT2D eigenvalue weighted by Gasteiger charge is 2.09. The summed E-state index contributed by atoms with van der Waals surface area (Å²) >= 11 is 0. The first-order valence-corrected chi connectivity index (χ1v) is 5.48. The molecular formula is C12H18N2O3. The first-order chi connectivity index (χ1) is 8.06. The van der Waals surface area contributed by atoms with Crippen LogP contribution in [0.1, 0.15) is 17.3 Å². The molecule has 0 bridgehead atoms. The summed E-state index contributed by atoms with van der Waals surface area (Å²) < 4.78 is 5.24. The number of nitrogens with two attached hydrogens (primary N) is 1. The molecule has 1 rings (SSSR count). The van der Waals surface area contributed by atoms with Crippen LogP contribution < -0.4 is 10.6 Å². The molecule has 0 fully saturated rings. The Morgan fingerprint density at radius 2 is 2.24 bits per heavy atom. The van der Waals surface area contributed by atoms with Gasteiger partial charge in [0, 0.05) is 20.2 Å². The average molecular weight is 238 g/mol. The van der Waals surface area contributed by atoms with Gasteiger partial charge < -0.3 is 20.5 Å². The molecule has 5 nitrogen and oxygen atoms in total. The second-order valence-electron chi connectivity index (χ2n) is 3.70. The van der Waals surface area contributed by atoms with Gasteiger partial charge in [-0.25, -0.2) is 4.79 Å². The Morgan fingerprint density at radius 1 is 1.53 bits per heavy atom. The molecule has 0 unspecified atom stereocenters. The Kier molecular flexibility index (Phi) is 4.78. The number of aromatic carboxylic acids is 1. The smallest absolute Gasteiger partial charge is 0.335 e. The molecule has 0 aliphatic heterocycles. The minimum Gasteiger partial charge on any atom is -0.478 e. The highest BCUT2D eigenvalue weighted by Crippen LogP contribution is 2.23. The molecule has 0 saturated heterocycles. The lowest BCUT2D eigenvalue weighted by atomic mass is 10.1. The normalized spacial score (nSPS) is 10.2. The number of carbonyl (C=O) groups is 1. The molecule has 0 atom stereocenters. The fourth-order valence-corrected chi connectivity index (χ4v) is 1.47. The third-order valence-electron chi connectivity index (χ3n) is 2.46. The molecule has 0 amide bonds. The van der Waals surface area contributed by atoms with Crippen LogP contribution >= 0.6 is 0 Å². The molecule has 0 radical (unpaired) electrons. The molecule has 5 heteroatoms. The van der Waals surface area contributed by atoms with Crippen molar-refractivity contribution in [2.24, 2.45) is 0 Å². The second-order valence-corrected chi connectivity index (χ2v) is 3.70.